The normalized spacial score (nSPS) is 15.5. The van der Waals surface area contributed by atoms with Gasteiger partial charge < -0.3 is 4.57 Å². The predicted molar refractivity (Wildman–Crippen MR) is 224 cm³/mol. The van der Waals surface area contributed by atoms with E-state index in [4.69, 9.17) is 0 Å². The molecule has 0 amide bonds. The second-order valence-electron chi connectivity index (χ2n) is 15.1. The Hall–Kier alpha value is -6.96. The summed E-state index contributed by atoms with van der Waals surface area (Å²) in [5.74, 6) is 0. The molecule has 10 aromatic rings. The summed E-state index contributed by atoms with van der Waals surface area (Å²) in [6, 6.07) is 70.7. The van der Waals surface area contributed by atoms with E-state index < -0.39 is 5.41 Å². The molecule has 0 saturated heterocycles. The van der Waals surface area contributed by atoms with Crippen LogP contribution in [-0.4, -0.2) is 4.57 Å². The summed E-state index contributed by atoms with van der Waals surface area (Å²) < 4.78 is 2.42. The minimum absolute atomic E-state index is 0.449. The third kappa shape index (κ3) is 3.37. The lowest BCUT2D eigenvalue weighted by molar-refractivity contribution is 0.795. The summed E-state index contributed by atoms with van der Waals surface area (Å²) in [4.78, 5) is 0. The highest BCUT2D eigenvalue weighted by atomic mass is 15.0. The Morgan fingerprint density at radius 3 is 1.76 bits per heavy atom. The first-order valence-corrected chi connectivity index (χ1v) is 18.9. The highest BCUT2D eigenvalue weighted by molar-refractivity contribution is 6.21. The van der Waals surface area contributed by atoms with Crippen molar-refractivity contribution in [3.63, 3.8) is 0 Å². The monoisotopic (exact) mass is 681 g/mol. The van der Waals surface area contributed by atoms with E-state index in [1.807, 2.05) is 0 Å². The minimum atomic E-state index is -0.449. The van der Waals surface area contributed by atoms with E-state index in [-0.39, 0.29) is 0 Å². The number of hydrogen-bond donors (Lipinski definition) is 0. The van der Waals surface area contributed by atoms with Gasteiger partial charge in [-0.25, -0.2) is 0 Å². The molecule has 0 N–H and O–H groups in total. The van der Waals surface area contributed by atoms with Crippen LogP contribution in [-0.2, 0) is 5.41 Å². The first-order valence-electron chi connectivity index (χ1n) is 18.9. The van der Waals surface area contributed by atoms with Crippen LogP contribution in [0.2, 0.25) is 0 Å². The first-order chi connectivity index (χ1) is 26.8. The fraction of sp³-hybridized carbons (Fsp3) is 0.0189. The minimum Gasteiger partial charge on any atom is -0.309 e. The Morgan fingerprint density at radius 2 is 0.907 bits per heavy atom. The number of benzene rings is 9. The summed E-state index contributed by atoms with van der Waals surface area (Å²) in [6.07, 6.45) is 0. The van der Waals surface area contributed by atoms with E-state index in [1.165, 1.54) is 116 Å². The summed E-state index contributed by atoms with van der Waals surface area (Å²) >= 11 is 0. The third-order valence-electron chi connectivity index (χ3n) is 12.7. The van der Waals surface area contributed by atoms with E-state index >= 15 is 0 Å². The molecule has 1 unspecified atom stereocenters. The summed E-state index contributed by atoms with van der Waals surface area (Å²) in [6.45, 7) is 0. The fourth-order valence-electron chi connectivity index (χ4n) is 10.7. The van der Waals surface area contributed by atoms with Gasteiger partial charge in [0.25, 0.3) is 0 Å². The van der Waals surface area contributed by atoms with Gasteiger partial charge in [-0.2, -0.15) is 0 Å². The van der Waals surface area contributed by atoms with Crippen LogP contribution in [0.15, 0.2) is 188 Å². The smallest absolute Gasteiger partial charge is 0.0726 e. The number of para-hydroxylation sites is 2. The summed E-state index contributed by atoms with van der Waals surface area (Å²) in [5, 5.41) is 5.27. The van der Waals surface area contributed by atoms with Crippen LogP contribution in [0.3, 0.4) is 0 Å². The zero-order valence-electron chi connectivity index (χ0n) is 29.3. The Kier molecular flexibility index (Phi) is 5.36. The number of rotatable bonds is 2. The van der Waals surface area contributed by atoms with Crippen molar-refractivity contribution in [1.29, 1.82) is 0 Å². The highest BCUT2D eigenvalue weighted by Crippen LogP contribution is 2.66. The van der Waals surface area contributed by atoms with Crippen molar-refractivity contribution in [1.82, 2.24) is 4.57 Å². The molecule has 248 valence electrons. The molecule has 1 heteroatoms. The molecule has 1 spiro atoms. The van der Waals surface area contributed by atoms with Gasteiger partial charge in [-0.05, 0) is 125 Å². The van der Waals surface area contributed by atoms with E-state index in [9.17, 15) is 0 Å². The molecular weight excluding hydrogens is 651 g/mol. The fourth-order valence-corrected chi connectivity index (χ4v) is 10.7. The molecule has 0 saturated carbocycles. The Morgan fingerprint density at radius 1 is 0.315 bits per heavy atom. The van der Waals surface area contributed by atoms with Gasteiger partial charge in [0, 0.05) is 16.5 Å². The van der Waals surface area contributed by atoms with Crippen LogP contribution in [0.5, 0.6) is 0 Å². The lowest BCUT2D eigenvalue weighted by Gasteiger charge is -2.31. The van der Waals surface area contributed by atoms with Gasteiger partial charge in [0.05, 0.1) is 16.4 Å². The van der Waals surface area contributed by atoms with Gasteiger partial charge in [-0.15, -0.1) is 0 Å². The van der Waals surface area contributed by atoms with Crippen molar-refractivity contribution in [3.05, 3.63) is 210 Å². The SMILES string of the molecule is c1ccc(-n2c3ccccc3c3ccc(-c4ccc5c(c4)C4(c6ccccc6-5)c5ccccc5-c5c4cc4c6c(cccc56)-c5ccccc5-4)cc32)cc1. The van der Waals surface area contributed by atoms with E-state index in [1.54, 1.807) is 0 Å². The van der Waals surface area contributed by atoms with E-state index in [0.29, 0.717) is 0 Å². The standard InChI is InChI=1S/C53H31N/c1-2-13-34(14-3-1)54-49-24-11-8-18-39(49)40-28-26-33(30-50(40)54)32-25-27-38-37-17-6-9-22-45(37)53(47(38)29-32)46-23-10-7-19-42(46)52-43-21-12-20-41-35-15-4-5-16-36(35)44(51(41)43)31-48(52)53/h1-31H. The maximum Gasteiger partial charge on any atom is 0.0726 e. The largest absolute Gasteiger partial charge is 0.309 e. The molecule has 1 aromatic heterocycles. The summed E-state index contributed by atoms with van der Waals surface area (Å²) in [5.41, 5.74) is 21.9. The average molecular weight is 682 g/mol. The van der Waals surface area contributed by atoms with Crippen molar-refractivity contribution >= 4 is 32.6 Å². The van der Waals surface area contributed by atoms with Gasteiger partial charge in [-0.1, -0.05) is 152 Å². The molecule has 1 heterocycles. The van der Waals surface area contributed by atoms with E-state index in [0.717, 1.165) is 0 Å². The van der Waals surface area contributed by atoms with Crippen LogP contribution in [0.25, 0.3) is 93.9 Å². The zero-order chi connectivity index (χ0) is 35.1. The van der Waals surface area contributed by atoms with Crippen LogP contribution < -0.4 is 0 Å². The van der Waals surface area contributed by atoms with Crippen LogP contribution in [0, 0.1) is 0 Å². The molecule has 0 radical (unpaired) electrons. The zero-order valence-corrected chi connectivity index (χ0v) is 29.3. The highest BCUT2D eigenvalue weighted by Gasteiger charge is 2.52. The third-order valence-corrected chi connectivity index (χ3v) is 12.7. The number of fused-ring (bicyclic) bond motifs is 17. The number of hydrogen-bond acceptors (Lipinski definition) is 0. The van der Waals surface area contributed by atoms with Crippen molar-refractivity contribution in [2.24, 2.45) is 0 Å². The maximum atomic E-state index is 2.57. The Balaban J connectivity index is 1.12. The van der Waals surface area contributed by atoms with Gasteiger partial charge in [0.1, 0.15) is 0 Å². The molecule has 0 bridgehead atoms. The molecule has 0 fully saturated rings. The average Bonchev–Trinajstić information content (AvgIpc) is 3.94. The molecule has 3 aliphatic carbocycles. The van der Waals surface area contributed by atoms with Crippen molar-refractivity contribution in [2.45, 2.75) is 5.41 Å². The van der Waals surface area contributed by atoms with Gasteiger partial charge in [-0.3, -0.25) is 0 Å². The van der Waals surface area contributed by atoms with Crippen LogP contribution in [0.1, 0.15) is 22.3 Å². The number of aromatic nitrogens is 1. The molecule has 54 heavy (non-hydrogen) atoms. The lowest BCUT2D eigenvalue weighted by atomic mass is 9.69. The summed E-state index contributed by atoms with van der Waals surface area (Å²) in [7, 11) is 0. The lowest BCUT2D eigenvalue weighted by Crippen LogP contribution is -2.26. The van der Waals surface area contributed by atoms with Gasteiger partial charge in [0.15, 0.2) is 0 Å². The molecule has 3 aliphatic rings. The topological polar surface area (TPSA) is 4.93 Å². The second-order valence-corrected chi connectivity index (χ2v) is 15.1. The second kappa shape index (κ2) is 10.1. The Labute approximate surface area is 313 Å². The molecular formula is C53H31N. The number of nitrogens with zero attached hydrogens (tertiary/aromatic N) is 1. The van der Waals surface area contributed by atoms with Crippen LogP contribution >= 0.6 is 0 Å². The Bertz CT molecular complexity index is 3270. The quantitative estimate of drug-likeness (QED) is 0.171. The maximum absolute atomic E-state index is 2.57. The van der Waals surface area contributed by atoms with Crippen molar-refractivity contribution < 1.29 is 0 Å². The van der Waals surface area contributed by atoms with Gasteiger partial charge >= 0.3 is 0 Å². The van der Waals surface area contributed by atoms with E-state index in [2.05, 4.69) is 193 Å². The molecule has 13 rings (SSSR count). The molecule has 0 aliphatic heterocycles. The first kappa shape index (κ1) is 28.6. The molecule has 1 nitrogen and oxygen atoms in total. The molecule has 1 atom stereocenters. The van der Waals surface area contributed by atoms with Gasteiger partial charge in [0.2, 0.25) is 0 Å². The van der Waals surface area contributed by atoms with Crippen molar-refractivity contribution in [3.8, 4) is 61.3 Å². The van der Waals surface area contributed by atoms with Crippen molar-refractivity contribution in [2.75, 3.05) is 0 Å². The van der Waals surface area contributed by atoms with Crippen LogP contribution in [0.4, 0.5) is 0 Å². The predicted octanol–water partition coefficient (Wildman–Crippen LogP) is 13.6. The molecule has 9 aromatic carbocycles.